The number of aromatic nitrogens is 2. The molecule has 0 fully saturated rings. The summed E-state index contributed by atoms with van der Waals surface area (Å²) in [4.78, 5) is 0. The zero-order valence-electron chi connectivity index (χ0n) is 12.2. The number of hydrogen-bond acceptors (Lipinski definition) is 2. The molecule has 3 nitrogen and oxygen atoms in total. The molecule has 0 aliphatic rings. The predicted octanol–water partition coefficient (Wildman–Crippen LogP) is 3.38. The van der Waals surface area contributed by atoms with Crippen molar-refractivity contribution < 1.29 is 13.2 Å². The molecule has 1 aromatic carbocycles. The van der Waals surface area contributed by atoms with Gasteiger partial charge in [-0.1, -0.05) is 6.07 Å². The predicted molar refractivity (Wildman–Crippen MR) is 74.4 cm³/mol. The van der Waals surface area contributed by atoms with Crippen LogP contribution < -0.4 is 5.32 Å². The lowest BCUT2D eigenvalue weighted by Gasteiger charge is -2.16. The average Bonchev–Trinajstić information content (AvgIpc) is 2.92. The molecule has 114 valence electrons. The molecule has 0 saturated carbocycles. The van der Waals surface area contributed by atoms with E-state index < -0.39 is 23.5 Å². The van der Waals surface area contributed by atoms with Gasteiger partial charge in [-0.25, -0.2) is 13.2 Å². The molecular formula is C15H18F3N3. The number of likely N-dealkylation sites (N-methyl/N-ethyl adjacent to an activating group) is 1. The minimum absolute atomic E-state index is 0.0931. The van der Waals surface area contributed by atoms with E-state index in [0.717, 1.165) is 11.8 Å². The zero-order valence-corrected chi connectivity index (χ0v) is 12.2. The van der Waals surface area contributed by atoms with Crippen molar-refractivity contribution in [3.8, 4) is 0 Å². The second kappa shape index (κ2) is 6.30. The lowest BCUT2D eigenvalue weighted by molar-refractivity contribution is 0.427. The Morgan fingerprint density at radius 3 is 2.43 bits per heavy atom. The fourth-order valence-electron chi connectivity index (χ4n) is 2.16. The number of rotatable bonds is 5. The molecule has 1 N–H and O–H groups in total. The number of nitrogens with zero attached hydrogens (tertiary/aromatic N) is 2. The monoisotopic (exact) mass is 297 g/mol. The summed E-state index contributed by atoms with van der Waals surface area (Å²) in [7, 11) is 1.64. The van der Waals surface area contributed by atoms with Gasteiger partial charge in [0.2, 0.25) is 0 Å². The maximum absolute atomic E-state index is 13.9. The Hall–Kier alpha value is -1.82. The van der Waals surface area contributed by atoms with Crippen molar-refractivity contribution in [3.63, 3.8) is 0 Å². The third-order valence-electron chi connectivity index (χ3n) is 3.39. The van der Waals surface area contributed by atoms with E-state index in [1.165, 1.54) is 6.07 Å². The maximum Gasteiger partial charge on any atom is 0.194 e. The minimum Gasteiger partial charge on any atom is -0.313 e. The van der Waals surface area contributed by atoms with Crippen LogP contribution in [0.15, 0.2) is 24.4 Å². The van der Waals surface area contributed by atoms with Crippen LogP contribution in [0.25, 0.3) is 0 Å². The molecule has 0 aliphatic heterocycles. The first kappa shape index (κ1) is 15.6. The molecule has 1 heterocycles. The van der Waals surface area contributed by atoms with Gasteiger partial charge < -0.3 is 5.32 Å². The summed E-state index contributed by atoms with van der Waals surface area (Å²) in [5.74, 6) is -3.78. The van der Waals surface area contributed by atoms with E-state index in [-0.39, 0.29) is 11.6 Å². The Morgan fingerprint density at radius 1 is 1.14 bits per heavy atom. The summed E-state index contributed by atoms with van der Waals surface area (Å²) in [5, 5.41) is 7.29. The van der Waals surface area contributed by atoms with Crippen LogP contribution in [0.2, 0.25) is 0 Å². The van der Waals surface area contributed by atoms with E-state index in [9.17, 15) is 13.2 Å². The smallest absolute Gasteiger partial charge is 0.194 e. The Balaban J connectivity index is 2.25. The van der Waals surface area contributed by atoms with Gasteiger partial charge in [0.1, 0.15) is 0 Å². The Labute approximate surface area is 121 Å². The third-order valence-corrected chi connectivity index (χ3v) is 3.39. The summed E-state index contributed by atoms with van der Waals surface area (Å²) >= 11 is 0. The molecule has 1 unspecified atom stereocenters. The van der Waals surface area contributed by atoms with E-state index >= 15 is 0 Å². The molecule has 1 aromatic heterocycles. The van der Waals surface area contributed by atoms with Crippen LogP contribution in [0, 0.1) is 17.5 Å². The summed E-state index contributed by atoms with van der Waals surface area (Å²) in [6, 6.07) is 3.78. The molecule has 0 saturated heterocycles. The van der Waals surface area contributed by atoms with Gasteiger partial charge in [-0.3, -0.25) is 4.68 Å². The highest BCUT2D eigenvalue weighted by Crippen LogP contribution is 2.24. The van der Waals surface area contributed by atoms with E-state index in [4.69, 9.17) is 0 Å². The number of benzene rings is 1. The summed E-state index contributed by atoms with van der Waals surface area (Å²) < 4.78 is 42.0. The fraction of sp³-hybridized carbons (Fsp3) is 0.400. The number of nitrogens with one attached hydrogen (secondary N) is 1. The van der Waals surface area contributed by atoms with Gasteiger partial charge in [-0.2, -0.15) is 5.10 Å². The van der Waals surface area contributed by atoms with Crippen molar-refractivity contribution in [2.75, 3.05) is 7.05 Å². The van der Waals surface area contributed by atoms with Gasteiger partial charge in [-0.15, -0.1) is 0 Å². The van der Waals surface area contributed by atoms with Crippen molar-refractivity contribution >= 4 is 0 Å². The Morgan fingerprint density at radius 2 is 1.86 bits per heavy atom. The Kier molecular flexibility index (Phi) is 4.67. The number of halogens is 3. The molecule has 6 heteroatoms. The molecule has 0 spiro atoms. The second-order valence-electron chi connectivity index (χ2n) is 5.19. The van der Waals surface area contributed by atoms with E-state index in [1.807, 2.05) is 26.1 Å². The van der Waals surface area contributed by atoms with Crippen molar-refractivity contribution in [1.29, 1.82) is 0 Å². The van der Waals surface area contributed by atoms with Gasteiger partial charge in [0.25, 0.3) is 0 Å². The maximum atomic E-state index is 13.9. The van der Waals surface area contributed by atoms with Gasteiger partial charge >= 0.3 is 0 Å². The summed E-state index contributed by atoms with van der Waals surface area (Å²) in [5.41, 5.74) is 0.850. The highest BCUT2D eigenvalue weighted by Gasteiger charge is 2.21. The third kappa shape index (κ3) is 3.26. The molecule has 2 aromatic rings. The minimum atomic E-state index is -1.44. The lowest BCUT2D eigenvalue weighted by atomic mass is 10.0. The van der Waals surface area contributed by atoms with Crippen molar-refractivity contribution in [1.82, 2.24) is 15.1 Å². The summed E-state index contributed by atoms with van der Waals surface area (Å²) in [6.45, 7) is 4.00. The van der Waals surface area contributed by atoms with Gasteiger partial charge in [0.15, 0.2) is 17.5 Å². The molecule has 0 radical (unpaired) electrons. The van der Waals surface area contributed by atoms with E-state index in [0.29, 0.717) is 6.42 Å². The van der Waals surface area contributed by atoms with Gasteiger partial charge in [0, 0.05) is 30.3 Å². The molecule has 2 rings (SSSR count). The van der Waals surface area contributed by atoms with Crippen molar-refractivity contribution in [2.45, 2.75) is 32.4 Å². The van der Waals surface area contributed by atoms with Crippen molar-refractivity contribution in [3.05, 3.63) is 53.1 Å². The first-order valence-electron chi connectivity index (χ1n) is 6.78. The van der Waals surface area contributed by atoms with Crippen LogP contribution in [0.5, 0.6) is 0 Å². The number of hydrogen-bond donors (Lipinski definition) is 1. The zero-order chi connectivity index (χ0) is 15.6. The molecule has 0 amide bonds. The van der Waals surface area contributed by atoms with Gasteiger partial charge in [-0.05, 0) is 33.0 Å². The first-order valence-corrected chi connectivity index (χ1v) is 6.78. The van der Waals surface area contributed by atoms with Crippen LogP contribution in [-0.2, 0) is 6.42 Å². The van der Waals surface area contributed by atoms with Crippen molar-refractivity contribution in [2.24, 2.45) is 0 Å². The van der Waals surface area contributed by atoms with Crippen LogP contribution in [0.3, 0.4) is 0 Å². The van der Waals surface area contributed by atoms with E-state index in [2.05, 4.69) is 10.4 Å². The van der Waals surface area contributed by atoms with E-state index in [1.54, 1.807) is 11.7 Å². The molecular weight excluding hydrogens is 279 g/mol. The largest absolute Gasteiger partial charge is 0.313 e. The highest BCUT2D eigenvalue weighted by atomic mass is 19.2. The van der Waals surface area contributed by atoms with Crippen LogP contribution >= 0.6 is 0 Å². The normalized spacial score (nSPS) is 12.9. The average molecular weight is 297 g/mol. The lowest BCUT2D eigenvalue weighted by Crippen LogP contribution is -2.21. The van der Waals surface area contributed by atoms with Crippen LogP contribution in [0.4, 0.5) is 13.2 Å². The quantitative estimate of drug-likeness (QED) is 0.857. The SMILES string of the molecule is CNC(Cc1ccn(C(C)C)n1)c1ccc(F)c(F)c1F. The summed E-state index contributed by atoms with van der Waals surface area (Å²) in [6.07, 6.45) is 2.23. The standard InChI is InChI=1S/C15H18F3N3/c1-9(2)21-7-6-10(20-21)8-13(19-3)11-4-5-12(16)15(18)14(11)17/h4-7,9,13,19H,8H2,1-3H3. The highest BCUT2D eigenvalue weighted by molar-refractivity contribution is 5.25. The molecule has 21 heavy (non-hydrogen) atoms. The van der Waals surface area contributed by atoms with Crippen LogP contribution in [0.1, 0.15) is 37.2 Å². The molecule has 0 bridgehead atoms. The van der Waals surface area contributed by atoms with Crippen LogP contribution in [-0.4, -0.2) is 16.8 Å². The van der Waals surface area contributed by atoms with Gasteiger partial charge in [0.05, 0.1) is 5.69 Å². The topological polar surface area (TPSA) is 29.9 Å². The Bertz CT molecular complexity index is 623. The first-order chi connectivity index (χ1) is 9.93. The molecule has 0 aliphatic carbocycles. The fourth-order valence-corrected chi connectivity index (χ4v) is 2.16. The second-order valence-corrected chi connectivity index (χ2v) is 5.19. The molecule has 1 atom stereocenters.